The summed E-state index contributed by atoms with van der Waals surface area (Å²) in [5.74, 6) is -0.613. The Morgan fingerprint density at radius 2 is 1.68 bits per heavy atom. The minimum Gasteiger partial charge on any atom is -0.465 e. The maximum absolute atomic E-state index is 11.8. The van der Waals surface area contributed by atoms with Crippen LogP contribution in [-0.4, -0.2) is 34.4 Å². The number of aliphatic hydroxyl groups is 1. The standard InChI is InChI=1S/C13H18N2O4/c1-8(10-6-4-3-5-7-10)14-12(17)11(16)9(2)15-13(18)19/h3-9,11,15-16H,1-2H3,(H,14,17)(H,18,19). The predicted octanol–water partition coefficient (Wildman–Crippen LogP) is 0.881. The molecule has 4 N–H and O–H groups in total. The Morgan fingerprint density at radius 1 is 1.11 bits per heavy atom. The lowest BCUT2D eigenvalue weighted by Gasteiger charge is -2.21. The highest BCUT2D eigenvalue weighted by molar-refractivity contribution is 5.82. The van der Waals surface area contributed by atoms with Gasteiger partial charge in [0.1, 0.15) is 0 Å². The van der Waals surface area contributed by atoms with Gasteiger partial charge in [0, 0.05) is 0 Å². The quantitative estimate of drug-likeness (QED) is 0.636. The van der Waals surface area contributed by atoms with Crippen LogP contribution in [-0.2, 0) is 4.79 Å². The van der Waals surface area contributed by atoms with Crippen LogP contribution < -0.4 is 10.6 Å². The third-order valence-corrected chi connectivity index (χ3v) is 2.75. The van der Waals surface area contributed by atoms with E-state index in [9.17, 15) is 14.7 Å². The topological polar surface area (TPSA) is 98.7 Å². The van der Waals surface area contributed by atoms with Gasteiger partial charge in [0.05, 0.1) is 12.1 Å². The number of carbonyl (C=O) groups excluding carboxylic acids is 1. The number of hydrogen-bond donors (Lipinski definition) is 4. The lowest BCUT2D eigenvalue weighted by atomic mass is 10.1. The third kappa shape index (κ3) is 4.59. The summed E-state index contributed by atoms with van der Waals surface area (Å²) in [6, 6.07) is 8.14. The largest absolute Gasteiger partial charge is 0.465 e. The molecule has 6 heteroatoms. The van der Waals surface area contributed by atoms with E-state index in [0.717, 1.165) is 5.56 Å². The Bertz CT molecular complexity index is 436. The summed E-state index contributed by atoms with van der Waals surface area (Å²) < 4.78 is 0. The summed E-state index contributed by atoms with van der Waals surface area (Å²) in [6.45, 7) is 3.21. The summed E-state index contributed by atoms with van der Waals surface area (Å²) in [5, 5.41) is 22.9. The van der Waals surface area contributed by atoms with Crippen LogP contribution in [0.3, 0.4) is 0 Å². The first-order chi connectivity index (χ1) is 8.91. The van der Waals surface area contributed by atoms with Crippen molar-refractivity contribution in [2.75, 3.05) is 0 Å². The van der Waals surface area contributed by atoms with Gasteiger partial charge < -0.3 is 20.8 Å². The maximum atomic E-state index is 11.8. The molecule has 0 saturated carbocycles. The van der Waals surface area contributed by atoms with E-state index < -0.39 is 24.1 Å². The first-order valence-corrected chi connectivity index (χ1v) is 5.94. The van der Waals surface area contributed by atoms with Crippen molar-refractivity contribution in [3.63, 3.8) is 0 Å². The van der Waals surface area contributed by atoms with Gasteiger partial charge >= 0.3 is 6.09 Å². The van der Waals surface area contributed by atoms with Crippen molar-refractivity contribution in [1.82, 2.24) is 10.6 Å². The maximum Gasteiger partial charge on any atom is 0.404 e. The number of amides is 2. The second kappa shape index (κ2) is 6.75. The van der Waals surface area contributed by atoms with Crippen LogP contribution in [0.25, 0.3) is 0 Å². The van der Waals surface area contributed by atoms with Crippen molar-refractivity contribution in [3.8, 4) is 0 Å². The molecule has 0 aliphatic carbocycles. The normalized spacial score (nSPS) is 15.1. The number of benzene rings is 1. The molecule has 0 spiro atoms. The number of aliphatic hydroxyl groups excluding tert-OH is 1. The molecule has 3 unspecified atom stereocenters. The van der Waals surface area contributed by atoms with Crippen LogP contribution in [0.4, 0.5) is 4.79 Å². The van der Waals surface area contributed by atoms with E-state index in [2.05, 4.69) is 5.32 Å². The Labute approximate surface area is 111 Å². The van der Waals surface area contributed by atoms with Crippen molar-refractivity contribution < 1.29 is 19.8 Å². The van der Waals surface area contributed by atoms with Gasteiger partial charge in [-0.1, -0.05) is 30.3 Å². The summed E-state index contributed by atoms with van der Waals surface area (Å²) >= 11 is 0. The Kier molecular flexibility index (Phi) is 5.32. The van der Waals surface area contributed by atoms with Gasteiger partial charge in [0.15, 0.2) is 6.10 Å². The second-order valence-corrected chi connectivity index (χ2v) is 4.32. The number of nitrogens with one attached hydrogen (secondary N) is 2. The minimum absolute atomic E-state index is 0.264. The molecule has 0 bridgehead atoms. The summed E-state index contributed by atoms with van der Waals surface area (Å²) in [6.07, 6.45) is -2.71. The Balaban J connectivity index is 2.57. The molecule has 0 fully saturated rings. The van der Waals surface area contributed by atoms with Crippen LogP contribution in [0.5, 0.6) is 0 Å². The van der Waals surface area contributed by atoms with E-state index in [1.54, 1.807) is 6.92 Å². The molecule has 3 atom stereocenters. The van der Waals surface area contributed by atoms with Gasteiger partial charge in [-0.25, -0.2) is 4.79 Å². The number of carbonyl (C=O) groups is 2. The zero-order chi connectivity index (χ0) is 14.4. The van der Waals surface area contributed by atoms with E-state index in [1.165, 1.54) is 6.92 Å². The monoisotopic (exact) mass is 266 g/mol. The van der Waals surface area contributed by atoms with Gasteiger partial charge in [-0.2, -0.15) is 0 Å². The lowest BCUT2D eigenvalue weighted by Crippen LogP contribution is -2.49. The highest BCUT2D eigenvalue weighted by Crippen LogP contribution is 2.11. The van der Waals surface area contributed by atoms with E-state index in [4.69, 9.17) is 5.11 Å². The third-order valence-electron chi connectivity index (χ3n) is 2.75. The van der Waals surface area contributed by atoms with Gasteiger partial charge in [0.25, 0.3) is 5.91 Å². The molecule has 0 aromatic heterocycles. The predicted molar refractivity (Wildman–Crippen MR) is 69.6 cm³/mol. The van der Waals surface area contributed by atoms with Crippen LogP contribution >= 0.6 is 0 Å². The molecule has 19 heavy (non-hydrogen) atoms. The summed E-state index contributed by atoms with van der Waals surface area (Å²) in [4.78, 5) is 22.2. The van der Waals surface area contributed by atoms with E-state index in [0.29, 0.717) is 0 Å². The highest BCUT2D eigenvalue weighted by atomic mass is 16.4. The summed E-state index contributed by atoms with van der Waals surface area (Å²) in [7, 11) is 0. The van der Waals surface area contributed by atoms with Gasteiger partial charge in [-0.05, 0) is 19.4 Å². The van der Waals surface area contributed by atoms with E-state index >= 15 is 0 Å². The van der Waals surface area contributed by atoms with Crippen molar-refractivity contribution in [3.05, 3.63) is 35.9 Å². The fraction of sp³-hybridized carbons (Fsp3) is 0.385. The van der Waals surface area contributed by atoms with Crippen molar-refractivity contribution >= 4 is 12.0 Å². The Morgan fingerprint density at radius 3 is 2.21 bits per heavy atom. The van der Waals surface area contributed by atoms with Crippen LogP contribution in [0.1, 0.15) is 25.5 Å². The van der Waals surface area contributed by atoms with Crippen molar-refractivity contribution in [2.45, 2.75) is 32.0 Å². The Hall–Kier alpha value is -2.08. The molecule has 0 saturated heterocycles. The van der Waals surface area contributed by atoms with E-state index in [1.807, 2.05) is 35.6 Å². The highest BCUT2D eigenvalue weighted by Gasteiger charge is 2.24. The zero-order valence-corrected chi connectivity index (χ0v) is 10.8. The van der Waals surface area contributed by atoms with Crippen LogP contribution in [0, 0.1) is 0 Å². The zero-order valence-electron chi connectivity index (χ0n) is 10.8. The number of rotatable bonds is 5. The molecule has 6 nitrogen and oxygen atoms in total. The van der Waals surface area contributed by atoms with Crippen molar-refractivity contribution in [2.24, 2.45) is 0 Å². The average molecular weight is 266 g/mol. The molecule has 0 radical (unpaired) electrons. The molecule has 1 aromatic rings. The van der Waals surface area contributed by atoms with Crippen LogP contribution in [0.15, 0.2) is 30.3 Å². The fourth-order valence-corrected chi connectivity index (χ4v) is 1.62. The van der Waals surface area contributed by atoms with Gasteiger partial charge in [-0.15, -0.1) is 0 Å². The molecule has 104 valence electrons. The molecule has 1 rings (SSSR count). The van der Waals surface area contributed by atoms with Gasteiger partial charge in [0.2, 0.25) is 0 Å². The molecular weight excluding hydrogens is 248 g/mol. The first-order valence-electron chi connectivity index (χ1n) is 5.94. The van der Waals surface area contributed by atoms with Crippen molar-refractivity contribution in [1.29, 1.82) is 0 Å². The van der Waals surface area contributed by atoms with Crippen LogP contribution in [0.2, 0.25) is 0 Å². The number of hydrogen-bond acceptors (Lipinski definition) is 3. The smallest absolute Gasteiger partial charge is 0.404 e. The number of carboxylic acid groups (broad SMARTS) is 1. The molecule has 2 amide bonds. The molecule has 0 aliphatic heterocycles. The molecular formula is C13H18N2O4. The molecule has 0 heterocycles. The second-order valence-electron chi connectivity index (χ2n) is 4.32. The first kappa shape index (κ1) is 15.0. The van der Waals surface area contributed by atoms with E-state index in [-0.39, 0.29) is 6.04 Å². The summed E-state index contributed by atoms with van der Waals surface area (Å²) in [5.41, 5.74) is 0.905. The SMILES string of the molecule is CC(NC(=O)C(O)C(C)NC(=O)O)c1ccccc1. The molecule has 1 aromatic carbocycles. The lowest BCUT2D eigenvalue weighted by molar-refractivity contribution is -0.131. The molecule has 0 aliphatic rings. The fourth-order valence-electron chi connectivity index (χ4n) is 1.62. The minimum atomic E-state index is -1.43. The van der Waals surface area contributed by atoms with Gasteiger partial charge in [-0.3, -0.25) is 4.79 Å². The average Bonchev–Trinajstić information content (AvgIpc) is 2.37.